The molecule has 0 aliphatic rings. The average Bonchev–Trinajstić information content (AvgIpc) is 2.17. The van der Waals surface area contributed by atoms with Gasteiger partial charge in [-0.05, 0) is 51.4 Å². The van der Waals surface area contributed by atoms with E-state index < -0.39 is 5.60 Å². The first-order valence-corrected chi connectivity index (χ1v) is 6.69. The molecule has 102 valence electrons. The van der Waals surface area contributed by atoms with Crippen molar-refractivity contribution in [3.63, 3.8) is 0 Å². The first kappa shape index (κ1) is 15.2. The van der Waals surface area contributed by atoms with Crippen LogP contribution < -0.4 is 0 Å². The minimum atomic E-state index is -0.747. The van der Waals surface area contributed by atoms with Crippen LogP contribution in [0.3, 0.4) is 0 Å². The van der Waals surface area contributed by atoms with Crippen molar-refractivity contribution >= 4 is 0 Å². The number of rotatable bonds is 5. The molecule has 0 saturated heterocycles. The summed E-state index contributed by atoms with van der Waals surface area (Å²) in [6, 6.07) is 8.65. The molecule has 2 nitrogen and oxygen atoms in total. The van der Waals surface area contributed by atoms with Gasteiger partial charge in [-0.3, -0.25) is 4.90 Å². The zero-order chi connectivity index (χ0) is 13.9. The Hall–Kier alpha value is -0.860. The van der Waals surface area contributed by atoms with Crippen molar-refractivity contribution in [3.8, 4) is 0 Å². The molecule has 0 saturated carbocycles. The van der Waals surface area contributed by atoms with E-state index in [1.165, 1.54) is 11.1 Å². The molecule has 0 aliphatic carbocycles. The van der Waals surface area contributed by atoms with Crippen molar-refractivity contribution < 1.29 is 5.11 Å². The molecule has 0 radical (unpaired) electrons. The summed E-state index contributed by atoms with van der Waals surface area (Å²) in [5.74, 6) is 0.676. The third-order valence-electron chi connectivity index (χ3n) is 3.12. The molecule has 1 rings (SSSR count). The standard InChI is InChI=1S/C16H27NO/c1-12(2)11-13-7-9-14(10-8-13)15(17(5)6)16(3,4)18/h7-10,12,15,18H,11H2,1-6H3. The molecule has 1 atom stereocenters. The van der Waals surface area contributed by atoms with Gasteiger partial charge in [-0.25, -0.2) is 0 Å². The van der Waals surface area contributed by atoms with Crippen LogP contribution in [0, 0.1) is 5.92 Å². The molecule has 0 aliphatic heterocycles. The maximum atomic E-state index is 10.3. The van der Waals surface area contributed by atoms with Gasteiger partial charge in [-0.1, -0.05) is 38.1 Å². The Morgan fingerprint density at radius 3 is 1.94 bits per heavy atom. The van der Waals surface area contributed by atoms with Gasteiger partial charge in [0.2, 0.25) is 0 Å². The summed E-state index contributed by atoms with van der Waals surface area (Å²) in [7, 11) is 4.01. The van der Waals surface area contributed by atoms with E-state index >= 15 is 0 Å². The number of hydrogen-bond acceptors (Lipinski definition) is 2. The van der Waals surface area contributed by atoms with Crippen LogP contribution in [0.1, 0.15) is 44.9 Å². The second-order valence-corrected chi connectivity index (χ2v) is 6.36. The SMILES string of the molecule is CC(C)Cc1ccc(C(N(C)C)C(C)(C)O)cc1. The van der Waals surface area contributed by atoms with Gasteiger partial charge in [0.15, 0.2) is 0 Å². The van der Waals surface area contributed by atoms with Crippen molar-refractivity contribution in [1.29, 1.82) is 0 Å². The lowest BCUT2D eigenvalue weighted by atomic mass is 9.90. The number of likely N-dealkylation sites (N-methyl/N-ethyl adjacent to an activating group) is 1. The second kappa shape index (κ2) is 5.85. The van der Waals surface area contributed by atoms with Gasteiger partial charge in [0.25, 0.3) is 0 Å². The minimum absolute atomic E-state index is 0.0191. The lowest BCUT2D eigenvalue weighted by Crippen LogP contribution is -2.38. The predicted octanol–water partition coefficient (Wildman–Crippen LogP) is 3.26. The van der Waals surface area contributed by atoms with Gasteiger partial charge in [0.1, 0.15) is 0 Å². The Morgan fingerprint density at radius 2 is 1.61 bits per heavy atom. The van der Waals surface area contributed by atoms with E-state index in [4.69, 9.17) is 0 Å². The molecular formula is C16H27NO. The van der Waals surface area contributed by atoms with Crippen LogP contribution in [-0.4, -0.2) is 29.7 Å². The fourth-order valence-corrected chi connectivity index (χ4v) is 2.65. The van der Waals surface area contributed by atoms with E-state index in [1.807, 2.05) is 27.9 Å². The van der Waals surface area contributed by atoms with Crippen molar-refractivity contribution in [2.75, 3.05) is 14.1 Å². The van der Waals surface area contributed by atoms with Gasteiger partial charge < -0.3 is 5.11 Å². The minimum Gasteiger partial charge on any atom is -0.388 e. The molecule has 0 spiro atoms. The molecule has 0 aromatic heterocycles. The largest absolute Gasteiger partial charge is 0.388 e. The van der Waals surface area contributed by atoms with Crippen LogP contribution in [0.2, 0.25) is 0 Å². The van der Waals surface area contributed by atoms with Gasteiger partial charge in [-0.15, -0.1) is 0 Å². The summed E-state index contributed by atoms with van der Waals surface area (Å²) < 4.78 is 0. The van der Waals surface area contributed by atoms with E-state index in [1.54, 1.807) is 0 Å². The first-order chi connectivity index (χ1) is 8.21. The normalized spacial score (nSPS) is 14.3. The monoisotopic (exact) mass is 249 g/mol. The molecule has 0 fully saturated rings. The van der Waals surface area contributed by atoms with E-state index in [9.17, 15) is 5.11 Å². The highest BCUT2D eigenvalue weighted by Crippen LogP contribution is 2.30. The van der Waals surface area contributed by atoms with E-state index in [0.29, 0.717) is 5.92 Å². The van der Waals surface area contributed by atoms with Gasteiger partial charge in [0.05, 0.1) is 11.6 Å². The summed E-state index contributed by atoms with van der Waals surface area (Å²) in [4.78, 5) is 2.07. The smallest absolute Gasteiger partial charge is 0.0787 e. The lowest BCUT2D eigenvalue weighted by Gasteiger charge is -2.35. The van der Waals surface area contributed by atoms with Crippen LogP contribution in [0.25, 0.3) is 0 Å². The topological polar surface area (TPSA) is 23.5 Å². The molecule has 18 heavy (non-hydrogen) atoms. The molecule has 1 N–H and O–H groups in total. The van der Waals surface area contributed by atoms with Crippen LogP contribution in [0.4, 0.5) is 0 Å². The Morgan fingerprint density at radius 1 is 1.11 bits per heavy atom. The fraction of sp³-hybridized carbons (Fsp3) is 0.625. The maximum Gasteiger partial charge on any atom is 0.0787 e. The van der Waals surface area contributed by atoms with Crippen LogP contribution in [0.15, 0.2) is 24.3 Å². The quantitative estimate of drug-likeness (QED) is 0.866. The number of aliphatic hydroxyl groups is 1. The van der Waals surface area contributed by atoms with E-state index in [2.05, 4.69) is 43.0 Å². The Kier molecular flexibility index (Phi) is 4.94. The molecule has 1 aromatic rings. The molecular weight excluding hydrogens is 222 g/mol. The lowest BCUT2D eigenvalue weighted by molar-refractivity contribution is -0.00315. The van der Waals surface area contributed by atoms with Crippen LogP contribution in [-0.2, 0) is 6.42 Å². The second-order valence-electron chi connectivity index (χ2n) is 6.36. The van der Waals surface area contributed by atoms with Crippen molar-refractivity contribution in [2.45, 2.75) is 45.8 Å². The van der Waals surface area contributed by atoms with E-state index in [-0.39, 0.29) is 6.04 Å². The predicted molar refractivity (Wildman–Crippen MR) is 77.7 cm³/mol. The number of hydrogen-bond donors (Lipinski definition) is 1. The Balaban J connectivity index is 2.95. The van der Waals surface area contributed by atoms with Gasteiger partial charge in [-0.2, -0.15) is 0 Å². The third kappa shape index (κ3) is 4.11. The Labute approximate surface area is 112 Å². The summed E-state index contributed by atoms with van der Waals surface area (Å²) in [5.41, 5.74) is 1.78. The molecule has 0 amide bonds. The van der Waals surface area contributed by atoms with Crippen molar-refractivity contribution in [3.05, 3.63) is 35.4 Å². The Bertz CT molecular complexity index is 360. The van der Waals surface area contributed by atoms with Crippen molar-refractivity contribution in [2.24, 2.45) is 5.92 Å². The zero-order valence-corrected chi connectivity index (χ0v) is 12.6. The number of benzene rings is 1. The number of nitrogens with zero attached hydrogens (tertiary/aromatic N) is 1. The summed E-state index contributed by atoms with van der Waals surface area (Å²) in [6.45, 7) is 8.18. The average molecular weight is 249 g/mol. The molecule has 0 heterocycles. The first-order valence-electron chi connectivity index (χ1n) is 6.69. The fourth-order valence-electron chi connectivity index (χ4n) is 2.65. The van der Waals surface area contributed by atoms with Crippen molar-refractivity contribution in [1.82, 2.24) is 4.90 Å². The van der Waals surface area contributed by atoms with Gasteiger partial charge in [0, 0.05) is 0 Å². The van der Waals surface area contributed by atoms with E-state index in [0.717, 1.165) is 6.42 Å². The molecule has 0 bridgehead atoms. The maximum absolute atomic E-state index is 10.3. The summed E-state index contributed by atoms with van der Waals surface area (Å²) >= 11 is 0. The van der Waals surface area contributed by atoms with Gasteiger partial charge >= 0.3 is 0 Å². The molecule has 2 heteroatoms. The zero-order valence-electron chi connectivity index (χ0n) is 12.6. The summed E-state index contributed by atoms with van der Waals surface area (Å²) in [6.07, 6.45) is 1.11. The van der Waals surface area contributed by atoms with Crippen LogP contribution in [0.5, 0.6) is 0 Å². The van der Waals surface area contributed by atoms with Crippen LogP contribution >= 0.6 is 0 Å². The highest BCUT2D eigenvalue weighted by molar-refractivity contribution is 5.27. The molecule has 1 aromatic carbocycles. The highest BCUT2D eigenvalue weighted by Gasteiger charge is 2.29. The highest BCUT2D eigenvalue weighted by atomic mass is 16.3. The summed E-state index contributed by atoms with van der Waals surface area (Å²) in [5, 5.41) is 10.3. The third-order valence-corrected chi connectivity index (χ3v) is 3.12. The molecule has 1 unspecified atom stereocenters.